The van der Waals surface area contributed by atoms with Crippen LogP contribution < -0.4 is 10.6 Å². The summed E-state index contributed by atoms with van der Waals surface area (Å²) in [7, 11) is 0. The molecule has 0 saturated carbocycles. The van der Waals surface area contributed by atoms with Crippen molar-refractivity contribution in [1.82, 2.24) is 9.97 Å². The maximum atomic E-state index is 10.9. The van der Waals surface area contributed by atoms with E-state index in [1.807, 2.05) is 17.0 Å². The van der Waals surface area contributed by atoms with Gasteiger partial charge in [0, 0.05) is 11.9 Å². The number of anilines is 1. The first kappa shape index (κ1) is 11.9. The molecular formula is C13H14N4O2. The van der Waals surface area contributed by atoms with Crippen molar-refractivity contribution in [2.24, 2.45) is 5.73 Å². The van der Waals surface area contributed by atoms with Crippen LogP contribution in [0, 0.1) is 0 Å². The molecule has 98 valence electrons. The van der Waals surface area contributed by atoms with Crippen LogP contribution in [-0.2, 0) is 0 Å². The Hall–Kier alpha value is -2.21. The van der Waals surface area contributed by atoms with Gasteiger partial charge < -0.3 is 15.7 Å². The fourth-order valence-corrected chi connectivity index (χ4v) is 2.34. The molecule has 1 saturated heterocycles. The third kappa shape index (κ3) is 2.10. The number of nitrogens with zero attached hydrogens (tertiary/aromatic N) is 3. The first-order valence-electron chi connectivity index (χ1n) is 6.18. The van der Waals surface area contributed by atoms with Crippen LogP contribution in [-0.4, -0.2) is 33.8 Å². The van der Waals surface area contributed by atoms with Gasteiger partial charge in [-0.1, -0.05) is 0 Å². The summed E-state index contributed by atoms with van der Waals surface area (Å²) in [6.07, 6.45) is 1.97. The van der Waals surface area contributed by atoms with Crippen molar-refractivity contribution in [3.63, 3.8) is 0 Å². The second-order valence-corrected chi connectivity index (χ2v) is 4.62. The van der Waals surface area contributed by atoms with Crippen molar-refractivity contribution in [2.75, 3.05) is 11.4 Å². The van der Waals surface area contributed by atoms with Gasteiger partial charge >= 0.3 is 5.97 Å². The van der Waals surface area contributed by atoms with Crippen LogP contribution in [0.2, 0.25) is 0 Å². The molecular weight excluding hydrogens is 244 g/mol. The molecule has 6 nitrogen and oxygen atoms in total. The lowest BCUT2D eigenvalue weighted by Crippen LogP contribution is -2.36. The monoisotopic (exact) mass is 258 g/mol. The summed E-state index contributed by atoms with van der Waals surface area (Å²) in [4.78, 5) is 21.4. The van der Waals surface area contributed by atoms with E-state index in [4.69, 9.17) is 10.8 Å². The Morgan fingerprint density at radius 2 is 2.11 bits per heavy atom. The smallest absolute Gasteiger partial charge is 0.354 e. The van der Waals surface area contributed by atoms with Gasteiger partial charge in [0.15, 0.2) is 11.3 Å². The highest BCUT2D eigenvalue weighted by molar-refractivity contribution is 5.89. The molecule has 1 fully saturated rings. The van der Waals surface area contributed by atoms with E-state index in [0.29, 0.717) is 5.65 Å². The van der Waals surface area contributed by atoms with Crippen molar-refractivity contribution in [1.29, 1.82) is 0 Å². The van der Waals surface area contributed by atoms with Gasteiger partial charge in [0.2, 0.25) is 0 Å². The molecule has 0 aliphatic carbocycles. The van der Waals surface area contributed by atoms with E-state index in [1.165, 1.54) is 6.07 Å². The molecule has 19 heavy (non-hydrogen) atoms. The van der Waals surface area contributed by atoms with E-state index in [2.05, 4.69) is 9.97 Å². The van der Waals surface area contributed by atoms with Gasteiger partial charge in [-0.3, -0.25) is 0 Å². The number of nitrogens with two attached hydrogens (primary N) is 1. The number of carboxylic acid groups (broad SMARTS) is 1. The molecule has 1 atom stereocenters. The van der Waals surface area contributed by atoms with Crippen LogP contribution in [0.15, 0.2) is 24.3 Å². The molecule has 0 amide bonds. The quantitative estimate of drug-likeness (QED) is 0.841. The van der Waals surface area contributed by atoms with Crippen molar-refractivity contribution in [3.8, 4) is 0 Å². The molecule has 1 aliphatic heterocycles. The topological polar surface area (TPSA) is 92.3 Å². The van der Waals surface area contributed by atoms with E-state index in [0.717, 1.165) is 30.6 Å². The number of aromatic carboxylic acids is 1. The summed E-state index contributed by atoms with van der Waals surface area (Å²) in [5.74, 6) is -0.292. The first-order chi connectivity index (χ1) is 9.15. The summed E-state index contributed by atoms with van der Waals surface area (Å²) in [6, 6.07) is 6.98. The molecule has 2 aromatic heterocycles. The first-order valence-corrected chi connectivity index (χ1v) is 6.18. The van der Waals surface area contributed by atoms with Gasteiger partial charge in [-0.15, -0.1) is 0 Å². The molecule has 2 aromatic rings. The lowest BCUT2D eigenvalue weighted by atomic mass is 10.2. The fourth-order valence-electron chi connectivity index (χ4n) is 2.34. The minimum Gasteiger partial charge on any atom is -0.477 e. The predicted octanol–water partition coefficient (Wildman–Crippen LogP) is 1.21. The molecule has 0 spiro atoms. The second-order valence-electron chi connectivity index (χ2n) is 4.62. The van der Waals surface area contributed by atoms with Crippen molar-refractivity contribution in [3.05, 3.63) is 30.0 Å². The highest BCUT2D eigenvalue weighted by atomic mass is 16.4. The molecule has 0 bridgehead atoms. The normalized spacial score (nSPS) is 19.0. The van der Waals surface area contributed by atoms with Crippen LogP contribution in [0.1, 0.15) is 23.3 Å². The fraction of sp³-hybridized carbons (Fsp3) is 0.308. The maximum Gasteiger partial charge on any atom is 0.354 e. The molecule has 3 heterocycles. The zero-order valence-electron chi connectivity index (χ0n) is 10.3. The van der Waals surface area contributed by atoms with Gasteiger partial charge in [0.05, 0.1) is 6.17 Å². The van der Waals surface area contributed by atoms with Crippen LogP contribution in [0.4, 0.5) is 5.82 Å². The Bertz CT molecular complexity index is 644. The predicted molar refractivity (Wildman–Crippen MR) is 71.1 cm³/mol. The minimum atomic E-state index is -1.05. The highest BCUT2D eigenvalue weighted by Crippen LogP contribution is 2.23. The number of rotatable bonds is 2. The molecule has 3 rings (SSSR count). The van der Waals surface area contributed by atoms with Gasteiger partial charge in [-0.25, -0.2) is 14.8 Å². The lowest BCUT2D eigenvalue weighted by molar-refractivity contribution is 0.0691. The highest BCUT2D eigenvalue weighted by Gasteiger charge is 2.22. The standard InChI is InChI=1S/C13H14N4O2/c14-10-2-1-7-17(10)11-6-4-8-3-5-9(13(18)19)15-12(8)16-11/h3-6,10H,1-2,7,14H2,(H,18,19). The van der Waals surface area contributed by atoms with Crippen LogP contribution >= 0.6 is 0 Å². The molecule has 6 heteroatoms. The number of pyridine rings is 2. The number of carboxylic acids is 1. The summed E-state index contributed by atoms with van der Waals surface area (Å²) >= 11 is 0. The summed E-state index contributed by atoms with van der Waals surface area (Å²) in [5, 5.41) is 9.77. The Labute approximate surface area is 109 Å². The van der Waals surface area contributed by atoms with Crippen LogP contribution in [0.25, 0.3) is 11.0 Å². The second kappa shape index (κ2) is 4.47. The zero-order valence-corrected chi connectivity index (χ0v) is 10.3. The number of hydrogen-bond donors (Lipinski definition) is 2. The largest absolute Gasteiger partial charge is 0.477 e. The SMILES string of the molecule is NC1CCCN1c1ccc2ccc(C(=O)O)nc2n1. The lowest BCUT2D eigenvalue weighted by Gasteiger charge is -2.22. The molecule has 1 unspecified atom stereocenters. The van der Waals surface area contributed by atoms with Gasteiger partial charge in [-0.2, -0.15) is 0 Å². The maximum absolute atomic E-state index is 10.9. The third-order valence-corrected chi connectivity index (χ3v) is 3.35. The van der Waals surface area contributed by atoms with Crippen molar-refractivity contribution >= 4 is 22.8 Å². The molecule has 0 radical (unpaired) electrons. The van der Waals surface area contributed by atoms with Gasteiger partial charge in [0.1, 0.15) is 5.82 Å². The van der Waals surface area contributed by atoms with Crippen molar-refractivity contribution in [2.45, 2.75) is 19.0 Å². The zero-order chi connectivity index (χ0) is 13.4. The van der Waals surface area contributed by atoms with E-state index < -0.39 is 5.97 Å². The van der Waals surface area contributed by atoms with Crippen LogP contribution in [0.3, 0.4) is 0 Å². The number of fused-ring (bicyclic) bond motifs is 1. The third-order valence-electron chi connectivity index (χ3n) is 3.35. The minimum absolute atomic E-state index is 0.00266. The van der Waals surface area contributed by atoms with Crippen LogP contribution in [0.5, 0.6) is 0 Å². The van der Waals surface area contributed by atoms with Crippen molar-refractivity contribution < 1.29 is 9.90 Å². The van der Waals surface area contributed by atoms with E-state index in [9.17, 15) is 4.79 Å². The molecule has 0 aromatic carbocycles. The summed E-state index contributed by atoms with van der Waals surface area (Å²) in [6.45, 7) is 0.873. The number of carbonyl (C=O) groups is 1. The Morgan fingerprint density at radius 3 is 2.79 bits per heavy atom. The van der Waals surface area contributed by atoms with E-state index >= 15 is 0 Å². The average Bonchev–Trinajstić information content (AvgIpc) is 2.83. The van der Waals surface area contributed by atoms with E-state index in [1.54, 1.807) is 6.07 Å². The number of aromatic nitrogens is 2. The van der Waals surface area contributed by atoms with Gasteiger partial charge in [0.25, 0.3) is 0 Å². The molecule has 3 N–H and O–H groups in total. The Balaban J connectivity index is 2.05. The molecule has 1 aliphatic rings. The van der Waals surface area contributed by atoms with Gasteiger partial charge in [-0.05, 0) is 37.1 Å². The van der Waals surface area contributed by atoms with E-state index in [-0.39, 0.29) is 11.9 Å². The summed E-state index contributed by atoms with van der Waals surface area (Å²) < 4.78 is 0. The summed E-state index contributed by atoms with van der Waals surface area (Å²) in [5.41, 5.74) is 6.45. The number of hydrogen-bond acceptors (Lipinski definition) is 5. The Kier molecular flexibility index (Phi) is 2.79. The Morgan fingerprint density at radius 1 is 1.32 bits per heavy atom. The average molecular weight is 258 g/mol.